The lowest BCUT2D eigenvalue weighted by Gasteiger charge is -2.30. The topological polar surface area (TPSA) is 79.9 Å². The number of nitrogens with zero attached hydrogens (tertiary/aromatic N) is 2. The van der Waals surface area contributed by atoms with Gasteiger partial charge < -0.3 is 15.1 Å². The van der Waals surface area contributed by atoms with Crippen molar-refractivity contribution in [3.05, 3.63) is 33.9 Å². The van der Waals surface area contributed by atoms with Gasteiger partial charge in [0.1, 0.15) is 0 Å². The van der Waals surface area contributed by atoms with E-state index in [1.165, 1.54) is 37.9 Å². The van der Waals surface area contributed by atoms with Gasteiger partial charge in [0.05, 0.1) is 29.6 Å². The molecule has 0 bridgehead atoms. The van der Waals surface area contributed by atoms with Crippen molar-refractivity contribution >= 4 is 17.3 Å². The molecule has 0 aromatic heterocycles. The van der Waals surface area contributed by atoms with Crippen molar-refractivity contribution in [1.29, 1.82) is 0 Å². The highest BCUT2D eigenvalue weighted by Crippen LogP contribution is 2.24. The molecule has 1 aliphatic rings. The molecule has 2 rings (SSSR count). The van der Waals surface area contributed by atoms with Gasteiger partial charge in [-0.15, -0.1) is 0 Å². The molecule has 1 aliphatic heterocycles. The van der Waals surface area contributed by atoms with E-state index in [1.807, 2.05) is 14.1 Å². The zero-order valence-corrected chi connectivity index (χ0v) is 15.4. The molecular formula is C18H29N4O3+. The number of carbonyl (C=O) groups excluding carboxylic acids is 1. The Morgan fingerprint density at radius 2 is 2.16 bits per heavy atom. The standard InChI is InChI=1S/C18H28N4O3/c1-14-7-4-5-11-21(14)12-6-10-19-18(23)16-13-15(22(24)25)8-9-17(16)20(2)3/h8-9,13-14H,4-7,10-12H2,1-3H3,(H,19,23)/p+1/t14-/m1/s1. The summed E-state index contributed by atoms with van der Waals surface area (Å²) in [6.45, 7) is 5.14. The minimum atomic E-state index is -0.475. The summed E-state index contributed by atoms with van der Waals surface area (Å²) >= 11 is 0. The Morgan fingerprint density at radius 3 is 2.80 bits per heavy atom. The van der Waals surface area contributed by atoms with E-state index >= 15 is 0 Å². The lowest BCUT2D eigenvalue weighted by atomic mass is 10.0. The zero-order valence-electron chi connectivity index (χ0n) is 15.4. The molecule has 0 radical (unpaired) electrons. The van der Waals surface area contributed by atoms with Crippen molar-refractivity contribution in [3.63, 3.8) is 0 Å². The zero-order chi connectivity index (χ0) is 18.4. The van der Waals surface area contributed by atoms with E-state index < -0.39 is 4.92 Å². The Morgan fingerprint density at radius 1 is 1.40 bits per heavy atom. The van der Waals surface area contributed by atoms with Crippen molar-refractivity contribution in [1.82, 2.24) is 5.32 Å². The maximum absolute atomic E-state index is 12.5. The van der Waals surface area contributed by atoms with Crippen LogP contribution in [0.25, 0.3) is 0 Å². The van der Waals surface area contributed by atoms with Crippen LogP contribution in [0, 0.1) is 10.1 Å². The molecule has 1 saturated heterocycles. The lowest BCUT2D eigenvalue weighted by molar-refractivity contribution is -0.928. The number of carbonyl (C=O) groups is 1. The Bertz CT molecular complexity index is 618. The van der Waals surface area contributed by atoms with Crippen molar-refractivity contribution in [3.8, 4) is 0 Å². The number of nitro benzene ring substituents is 1. The third-order valence-corrected chi connectivity index (χ3v) is 4.96. The van der Waals surface area contributed by atoms with Gasteiger partial charge in [-0.1, -0.05) is 0 Å². The van der Waals surface area contributed by atoms with Crippen LogP contribution in [-0.2, 0) is 0 Å². The molecule has 1 amide bonds. The van der Waals surface area contributed by atoms with E-state index in [0.29, 0.717) is 23.8 Å². The van der Waals surface area contributed by atoms with Crippen molar-refractivity contribution in [2.24, 2.45) is 0 Å². The van der Waals surface area contributed by atoms with Crippen LogP contribution >= 0.6 is 0 Å². The monoisotopic (exact) mass is 349 g/mol. The second-order valence-electron chi connectivity index (χ2n) is 7.02. The molecule has 1 fully saturated rings. The number of rotatable bonds is 7. The first-order valence-electron chi connectivity index (χ1n) is 8.98. The average molecular weight is 349 g/mol. The molecule has 0 saturated carbocycles. The third-order valence-electron chi connectivity index (χ3n) is 4.96. The quantitative estimate of drug-likeness (QED) is 0.441. The molecule has 1 heterocycles. The second kappa shape index (κ2) is 8.80. The van der Waals surface area contributed by atoms with Crippen LogP contribution in [0.3, 0.4) is 0 Å². The van der Waals surface area contributed by atoms with E-state index in [-0.39, 0.29) is 11.6 Å². The number of quaternary nitrogens is 1. The average Bonchev–Trinajstić information content (AvgIpc) is 2.59. The Kier molecular flexibility index (Phi) is 6.75. The fraction of sp³-hybridized carbons (Fsp3) is 0.611. The van der Waals surface area contributed by atoms with Gasteiger partial charge in [-0.2, -0.15) is 0 Å². The fourth-order valence-electron chi connectivity index (χ4n) is 3.45. The number of amides is 1. The van der Waals surface area contributed by atoms with Crippen molar-refractivity contribution < 1.29 is 14.6 Å². The first-order chi connectivity index (χ1) is 11.9. The normalized spacial score (nSPS) is 20.1. The maximum Gasteiger partial charge on any atom is 0.270 e. The van der Waals surface area contributed by atoms with Crippen LogP contribution in [0.2, 0.25) is 0 Å². The van der Waals surface area contributed by atoms with Crippen molar-refractivity contribution in [2.75, 3.05) is 38.6 Å². The molecule has 7 heteroatoms. The van der Waals surface area contributed by atoms with Gasteiger partial charge in [-0.25, -0.2) is 0 Å². The summed E-state index contributed by atoms with van der Waals surface area (Å²) < 4.78 is 0. The number of benzene rings is 1. The van der Waals surface area contributed by atoms with Crippen molar-refractivity contribution in [2.45, 2.75) is 38.6 Å². The summed E-state index contributed by atoms with van der Waals surface area (Å²) in [7, 11) is 3.64. The van der Waals surface area contributed by atoms with Crippen LogP contribution in [0.15, 0.2) is 18.2 Å². The Balaban J connectivity index is 1.93. The molecular weight excluding hydrogens is 320 g/mol. The molecule has 0 spiro atoms. The largest absolute Gasteiger partial charge is 0.377 e. The second-order valence-corrected chi connectivity index (χ2v) is 7.02. The van der Waals surface area contributed by atoms with Gasteiger partial charge in [-0.05, 0) is 32.3 Å². The molecule has 7 nitrogen and oxygen atoms in total. The molecule has 1 unspecified atom stereocenters. The fourth-order valence-corrected chi connectivity index (χ4v) is 3.45. The summed E-state index contributed by atoms with van der Waals surface area (Å²) in [4.78, 5) is 26.4. The molecule has 1 aromatic carbocycles. The summed E-state index contributed by atoms with van der Waals surface area (Å²) in [6, 6.07) is 5.09. The summed E-state index contributed by atoms with van der Waals surface area (Å²) in [5, 5.41) is 13.9. The number of likely N-dealkylation sites (tertiary alicyclic amines) is 1. The van der Waals surface area contributed by atoms with E-state index in [9.17, 15) is 14.9 Å². The van der Waals surface area contributed by atoms with E-state index in [4.69, 9.17) is 0 Å². The highest BCUT2D eigenvalue weighted by molar-refractivity contribution is 6.00. The smallest absolute Gasteiger partial charge is 0.270 e. The number of anilines is 1. The van der Waals surface area contributed by atoms with E-state index in [1.54, 1.807) is 15.9 Å². The van der Waals surface area contributed by atoms with Gasteiger partial charge in [0.25, 0.3) is 11.6 Å². The third kappa shape index (κ3) is 5.16. The predicted octanol–water partition coefficient (Wildman–Crippen LogP) is 1.24. The van der Waals surface area contributed by atoms with Gasteiger partial charge in [0.2, 0.25) is 0 Å². The number of nitro groups is 1. The molecule has 2 N–H and O–H groups in total. The van der Waals surface area contributed by atoms with Crippen LogP contribution in [0.5, 0.6) is 0 Å². The summed E-state index contributed by atoms with van der Waals surface area (Å²) in [5.74, 6) is -0.255. The predicted molar refractivity (Wildman–Crippen MR) is 98.4 cm³/mol. The van der Waals surface area contributed by atoms with Gasteiger partial charge in [0.15, 0.2) is 0 Å². The van der Waals surface area contributed by atoms with E-state index in [0.717, 1.165) is 13.0 Å². The molecule has 138 valence electrons. The maximum atomic E-state index is 12.5. The van der Waals surface area contributed by atoms with Crippen LogP contribution in [-0.4, -0.2) is 50.6 Å². The molecule has 0 aliphatic carbocycles. The summed E-state index contributed by atoms with van der Waals surface area (Å²) in [6.07, 6.45) is 4.80. The number of non-ortho nitro benzene ring substituents is 1. The van der Waals surface area contributed by atoms with E-state index in [2.05, 4.69) is 12.2 Å². The SMILES string of the molecule is C[C@@H]1CCCC[NH+]1CCCNC(=O)c1cc([N+](=O)[O-])ccc1N(C)C. The minimum absolute atomic E-state index is 0.0673. The number of hydrogen-bond acceptors (Lipinski definition) is 4. The lowest BCUT2D eigenvalue weighted by Crippen LogP contribution is -3.16. The number of hydrogen-bond donors (Lipinski definition) is 2. The molecule has 2 atom stereocenters. The van der Waals surface area contributed by atoms with Gasteiger partial charge in [0, 0.05) is 44.9 Å². The summed E-state index contributed by atoms with van der Waals surface area (Å²) in [5.41, 5.74) is 0.957. The highest BCUT2D eigenvalue weighted by atomic mass is 16.6. The minimum Gasteiger partial charge on any atom is -0.377 e. The first-order valence-corrected chi connectivity index (χ1v) is 8.98. The Labute approximate surface area is 149 Å². The molecule has 25 heavy (non-hydrogen) atoms. The van der Waals surface area contributed by atoms with Gasteiger partial charge in [-0.3, -0.25) is 14.9 Å². The highest BCUT2D eigenvalue weighted by Gasteiger charge is 2.21. The van der Waals surface area contributed by atoms with Crippen LogP contribution in [0.1, 0.15) is 43.0 Å². The van der Waals surface area contributed by atoms with Crippen LogP contribution < -0.4 is 15.1 Å². The molecule has 1 aromatic rings. The Hall–Kier alpha value is -2.15. The number of nitrogens with one attached hydrogen (secondary N) is 2. The first kappa shape index (κ1) is 19.2. The van der Waals surface area contributed by atoms with Crippen LogP contribution in [0.4, 0.5) is 11.4 Å². The number of piperidine rings is 1. The van der Waals surface area contributed by atoms with Gasteiger partial charge >= 0.3 is 0 Å².